The van der Waals surface area contributed by atoms with Crippen LogP contribution in [0.15, 0.2) is 27.4 Å². The smallest absolute Gasteiger partial charge is 0.199 e. The maximum atomic E-state index is 12.3. The molecule has 1 aromatic carbocycles. The van der Waals surface area contributed by atoms with Crippen molar-refractivity contribution in [2.75, 3.05) is 32.2 Å². The minimum Gasteiger partial charge on any atom is -0.496 e. The van der Waals surface area contributed by atoms with Crippen molar-refractivity contribution >= 4 is 16.9 Å². The molecule has 0 bridgehead atoms. The maximum absolute atomic E-state index is 12.3. The standard InChI is InChI=1S/C15H19NO4/c1-5-16(6-2)14-9-11(17)15-12(19-4)7-10(18-3)8-13(15)20-14/h7-9H,5-6H2,1-4H3. The fourth-order valence-corrected chi connectivity index (χ4v) is 2.19. The van der Waals surface area contributed by atoms with Crippen molar-refractivity contribution in [1.29, 1.82) is 0 Å². The summed E-state index contributed by atoms with van der Waals surface area (Å²) in [4.78, 5) is 14.3. The zero-order valence-corrected chi connectivity index (χ0v) is 12.2. The molecule has 2 rings (SSSR count). The molecule has 0 radical (unpaired) electrons. The highest BCUT2D eigenvalue weighted by Gasteiger charge is 2.14. The van der Waals surface area contributed by atoms with Crippen LogP contribution < -0.4 is 19.8 Å². The van der Waals surface area contributed by atoms with Crippen LogP contribution in [-0.4, -0.2) is 27.3 Å². The van der Waals surface area contributed by atoms with E-state index in [1.54, 1.807) is 19.2 Å². The Bertz CT molecular complexity index is 659. The minimum atomic E-state index is -0.118. The zero-order valence-electron chi connectivity index (χ0n) is 12.2. The van der Waals surface area contributed by atoms with Crippen LogP contribution in [0.4, 0.5) is 5.88 Å². The van der Waals surface area contributed by atoms with E-state index in [2.05, 4.69) is 0 Å². The largest absolute Gasteiger partial charge is 0.496 e. The van der Waals surface area contributed by atoms with Gasteiger partial charge in [0.1, 0.15) is 22.5 Å². The van der Waals surface area contributed by atoms with Crippen LogP contribution >= 0.6 is 0 Å². The second-order valence-electron chi connectivity index (χ2n) is 4.32. The fraction of sp³-hybridized carbons (Fsp3) is 0.400. The van der Waals surface area contributed by atoms with Gasteiger partial charge in [0, 0.05) is 31.3 Å². The van der Waals surface area contributed by atoms with Crippen LogP contribution in [0.25, 0.3) is 11.0 Å². The molecule has 0 aliphatic carbocycles. The van der Waals surface area contributed by atoms with Gasteiger partial charge < -0.3 is 18.8 Å². The molecule has 2 aromatic rings. The van der Waals surface area contributed by atoms with Crippen molar-refractivity contribution in [3.8, 4) is 11.5 Å². The monoisotopic (exact) mass is 277 g/mol. The van der Waals surface area contributed by atoms with Crippen LogP contribution in [0, 0.1) is 0 Å². The molecule has 1 aromatic heterocycles. The fourth-order valence-electron chi connectivity index (χ4n) is 2.19. The third-order valence-electron chi connectivity index (χ3n) is 3.29. The van der Waals surface area contributed by atoms with Gasteiger partial charge in [-0.1, -0.05) is 0 Å². The van der Waals surface area contributed by atoms with Crippen LogP contribution in [-0.2, 0) is 0 Å². The number of rotatable bonds is 5. The zero-order chi connectivity index (χ0) is 14.7. The van der Waals surface area contributed by atoms with E-state index in [0.29, 0.717) is 28.4 Å². The van der Waals surface area contributed by atoms with Gasteiger partial charge in [-0.25, -0.2) is 0 Å². The molecule has 0 atom stereocenters. The van der Waals surface area contributed by atoms with Gasteiger partial charge in [0.25, 0.3) is 0 Å². The highest BCUT2D eigenvalue weighted by Crippen LogP contribution is 2.30. The second kappa shape index (κ2) is 5.86. The Morgan fingerprint density at radius 2 is 1.80 bits per heavy atom. The summed E-state index contributed by atoms with van der Waals surface area (Å²) in [5.74, 6) is 1.61. The van der Waals surface area contributed by atoms with Crippen molar-refractivity contribution in [3.63, 3.8) is 0 Å². The normalized spacial score (nSPS) is 10.6. The molecule has 0 unspecified atom stereocenters. The van der Waals surface area contributed by atoms with Crippen molar-refractivity contribution in [2.24, 2.45) is 0 Å². The van der Waals surface area contributed by atoms with Crippen LogP contribution in [0.1, 0.15) is 13.8 Å². The summed E-state index contributed by atoms with van der Waals surface area (Å²) in [6, 6.07) is 4.88. The molecular formula is C15H19NO4. The molecule has 20 heavy (non-hydrogen) atoms. The lowest BCUT2D eigenvalue weighted by molar-refractivity contribution is 0.396. The Hall–Kier alpha value is -2.17. The lowest BCUT2D eigenvalue weighted by Gasteiger charge is -2.19. The number of fused-ring (bicyclic) bond motifs is 1. The third-order valence-corrected chi connectivity index (χ3v) is 3.29. The summed E-state index contributed by atoms with van der Waals surface area (Å²) in [5.41, 5.74) is 0.350. The summed E-state index contributed by atoms with van der Waals surface area (Å²) in [5, 5.41) is 0.434. The predicted octanol–water partition coefficient (Wildman–Crippen LogP) is 2.66. The van der Waals surface area contributed by atoms with E-state index in [1.165, 1.54) is 13.2 Å². The second-order valence-corrected chi connectivity index (χ2v) is 4.32. The number of benzene rings is 1. The van der Waals surface area contributed by atoms with Crippen molar-refractivity contribution < 1.29 is 13.9 Å². The lowest BCUT2D eigenvalue weighted by Crippen LogP contribution is -2.23. The molecule has 0 aliphatic heterocycles. The highest BCUT2D eigenvalue weighted by molar-refractivity contribution is 5.85. The van der Waals surface area contributed by atoms with Crippen molar-refractivity contribution in [3.05, 3.63) is 28.4 Å². The molecule has 0 aliphatic rings. The topological polar surface area (TPSA) is 51.9 Å². The number of anilines is 1. The molecule has 0 fully saturated rings. The van der Waals surface area contributed by atoms with Gasteiger partial charge in [-0.15, -0.1) is 0 Å². The summed E-state index contributed by atoms with van der Waals surface area (Å²) in [6.07, 6.45) is 0. The van der Waals surface area contributed by atoms with Gasteiger partial charge in [-0.3, -0.25) is 4.79 Å². The van der Waals surface area contributed by atoms with E-state index in [9.17, 15) is 4.79 Å². The number of methoxy groups -OCH3 is 2. The lowest BCUT2D eigenvalue weighted by atomic mass is 10.2. The summed E-state index contributed by atoms with van der Waals surface area (Å²) < 4.78 is 16.3. The van der Waals surface area contributed by atoms with Gasteiger partial charge in [0.05, 0.1) is 14.2 Å². The SMILES string of the molecule is CCN(CC)c1cc(=O)c2c(OC)cc(OC)cc2o1. The first-order valence-electron chi connectivity index (χ1n) is 6.59. The average Bonchev–Trinajstić information content (AvgIpc) is 2.47. The molecule has 0 N–H and O–H groups in total. The van der Waals surface area contributed by atoms with Crippen molar-refractivity contribution in [2.45, 2.75) is 13.8 Å². The number of nitrogens with zero attached hydrogens (tertiary/aromatic N) is 1. The molecule has 1 heterocycles. The Kier molecular flexibility index (Phi) is 4.17. The predicted molar refractivity (Wildman–Crippen MR) is 79.1 cm³/mol. The Morgan fingerprint density at radius 3 is 2.35 bits per heavy atom. The first-order chi connectivity index (χ1) is 9.64. The van der Waals surface area contributed by atoms with Gasteiger partial charge >= 0.3 is 0 Å². The third kappa shape index (κ3) is 2.43. The minimum absolute atomic E-state index is 0.118. The number of ether oxygens (including phenoxy) is 2. The Balaban J connectivity index is 2.73. The highest BCUT2D eigenvalue weighted by atomic mass is 16.5. The average molecular weight is 277 g/mol. The van der Waals surface area contributed by atoms with Crippen LogP contribution in [0.5, 0.6) is 11.5 Å². The molecular weight excluding hydrogens is 258 g/mol. The maximum Gasteiger partial charge on any atom is 0.199 e. The van der Waals surface area contributed by atoms with Gasteiger partial charge in [0.2, 0.25) is 0 Å². The van der Waals surface area contributed by atoms with E-state index in [-0.39, 0.29) is 5.43 Å². The number of hydrogen-bond donors (Lipinski definition) is 0. The molecule has 5 nitrogen and oxygen atoms in total. The Labute approximate surface area is 117 Å². The molecule has 5 heteroatoms. The van der Waals surface area contributed by atoms with Gasteiger partial charge in [-0.05, 0) is 13.8 Å². The van der Waals surface area contributed by atoms with Crippen LogP contribution in [0.2, 0.25) is 0 Å². The van der Waals surface area contributed by atoms with E-state index < -0.39 is 0 Å². The summed E-state index contributed by atoms with van der Waals surface area (Å²) in [6.45, 7) is 5.57. The van der Waals surface area contributed by atoms with E-state index >= 15 is 0 Å². The molecule has 0 spiro atoms. The van der Waals surface area contributed by atoms with E-state index in [4.69, 9.17) is 13.9 Å². The molecule has 0 saturated carbocycles. The first-order valence-corrected chi connectivity index (χ1v) is 6.59. The molecule has 108 valence electrons. The summed E-state index contributed by atoms with van der Waals surface area (Å²) >= 11 is 0. The van der Waals surface area contributed by atoms with Gasteiger partial charge in [-0.2, -0.15) is 0 Å². The first kappa shape index (κ1) is 14.2. The molecule has 0 amide bonds. The van der Waals surface area contributed by atoms with Crippen LogP contribution in [0.3, 0.4) is 0 Å². The van der Waals surface area contributed by atoms with Crippen molar-refractivity contribution in [1.82, 2.24) is 0 Å². The molecule has 0 saturated heterocycles. The van der Waals surface area contributed by atoms with E-state index in [0.717, 1.165) is 13.1 Å². The van der Waals surface area contributed by atoms with E-state index in [1.807, 2.05) is 18.7 Å². The van der Waals surface area contributed by atoms with Gasteiger partial charge in [0.15, 0.2) is 11.3 Å². The Morgan fingerprint density at radius 1 is 1.10 bits per heavy atom. The summed E-state index contributed by atoms with van der Waals surface area (Å²) in [7, 11) is 3.08. The quantitative estimate of drug-likeness (QED) is 0.841. The number of hydrogen-bond acceptors (Lipinski definition) is 5.